The zero-order chi connectivity index (χ0) is 17.1. The molecule has 0 bridgehead atoms. The highest BCUT2D eigenvalue weighted by molar-refractivity contribution is 7.17. The van der Waals surface area contributed by atoms with E-state index < -0.39 is 5.91 Å². The molecular formula is C17H20ClN3O2S2. The van der Waals surface area contributed by atoms with E-state index in [4.69, 9.17) is 5.73 Å². The Balaban J connectivity index is 0.00000225. The second-order valence-electron chi connectivity index (χ2n) is 5.53. The first-order valence-electron chi connectivity index (χ1n) is 7.77. The van der Waals surface area contributed by atoms with Crippen molar-refractivity contribution in [1.82, 2.24) is 4.90 Å². The average Bonchev–Trinajstić information content (AvgIpc) is 3.19. The van der Waals surface area contributed by atoms with Gasteiger partial charge < -0.3 is 11.1 Å². The van der Waals surface area contributed by atoms with E-state index in [1.165, 1.54) is 17.4 Å². The smallest absolute Gasteiger partial charge is 0.251 e. The van der Waals surface area contributed by atoms with E-state index in [1.807, 2.05) is 17.5 Å². The van der Waals surface area contributed by atoms with Crippen molar-refractivity contribution in [3.05, 3.63) is 44.5 Å². The molecule has 3 N–H and O–H groups in total. The third kappa shape index (κ3) is 4.49. The number of rotatable bonds is 5. The molecule has 3 rings (SSSR count). The van der Waals surface area contributed by atoms with Crippen molar-refractivity contribution >= 4 is 58.0 Å². The van der Waals surface area contributed by atoms with Crippen LogP contribution in [0.5, 0.6) is 0 Å². The standard InChI is InChI=1S/C17H19N3O2S2.ClH/c1-2-20-8-7-12-13(10-20)24-17(15(12)16(18)22)19-14(21)6-5-11-4-3-9-23-11;/h3-6,9H,2,7-8,10H2,1H3,(H2,18,22)(H,19,21);1H. The van der Waals surface area contributed by atoms with Crippen LogP contribution in [0.15, 0.2) is 23.6 Å². The molecule has 3 heterocycles. The lowest BCUT2D eigenvalue weighted by Gasteiger charge is -2.25. The molecule has 0 saturated carbocycles. The number of carbonyl (C=O) groups excluding carboxylic acids is 2. The van der Waals surface area contributed by atoms with Gasteiger partial charge in [-0.2, -0.15) is 0 Å². The predicted octanol–water partition coefficient (Wildman–Crippen LogP) is 3.36. The normalized spacial score (nSPS) is 14.1. The highest BCUT2D eigenvalue weighted by Crippen LogP contribution is 2.36. The van der Waals surface area contributed by atoms with Crippen molar-refractivity contribution in [2.45, 2.75) is 19.9 Å². The Kier molecular flexibility index (Phi) is 6.78. The van der Waals surface area contributed by atoms with Gasteiger partial charge in [0.1, 0.15) is 5.00 Å². The van der Waals surface area contributed by atoms with Crippen LogP contribution in [0.25, 0.3) is 6.08 Å². The van der Waals surface area contributed by atoms with Gasteiger partial charge in [-0.15, -0.1) is 35.1 Å². The van der Waals surface area contributed by atoms with Gasteiger partial charge in [0, 0.05) is 28.9 Å². The van der Waals surface area contributed by atoms with Crippen LogP contribution in [-0.4, -0.2) is 29.8 Å². The first kappa shape index (κ1) is 19.7. The fourth-order valence-corrected chi connectivity index (χ4v) is 4.69. The molecule has 0 fully saturated rings. The van der Waals surface area contributed by atoms with Crippen molar-refractivity contribution in [3.63, 3.8) is 0 Å². The molecule has 0 atom stereocenters. The molecule has 1 aliphatic heterocycles. The summed E-state index contributed by atoms with van der Waals surface area (Å²) >= 11 is 3.02. The summed E-state index contributed by atoms with van der Waals surface area (Å²) in [7, 11) is 0. The number of anilines is 1. The molecular weight excluding hydrogens is 378 g/mol. The van der Waals surface area contributed by atoms with E-state index in [1.54, 1.807) is 17.4 Å². The van der Waals surface area contributed by atoms with Gasteiger partial charge in [-0.05, 0) is 36.1 Å². The first-order valence-corrected chi connectivity index (χ1v) is 9.47. The van der Waals surface area contributed by atoms with Crippen LogP contribution in [0, 0.1) is 0 Å². The van der Waals surface area contributed by atoms with E-state index in [2.05, 4.69) is 17.1 Å². The summed E-state index contributed by atoms with van der Waals surface area (Å²) in [5, 5.41) is 5.34. The Labute approximate surface area is 160 Å². The summed E-state index contributed by atoms with van der Waals surface area (Å²) in [5.41, 5.74) is 7.03. The highest BCUT2D eigenvalue weighted by atomic mass is 35.5. The Morgan fingerprint density at radius 2 is 2.24 bits per heavy atom. The molecule has 2 aromatic heterocycles. The molecule has 8 heteroatoms. The molecule has 0 aromatic carbocycles. The number of hydrogen-bond acceptors (Lipinski definition) is 5. The van der Waals surface area contributed by atoms with Crippen LogP contribution in [-0.2, 0) is 17.8 Å². The van der Waals surface area contributed by atoms with Gasteiger partial charge in [0.2, 0.25) is 5.91 Å². The molecule has 0 saturated heterocycles. The minimum atomic E-state index is -0.477. The number of amides is 2. The number of nitrogens with two attached hydrogens (primary N) is 1. The first-order chi connectivity index (χ1) is 11.6. The van der Waals surface area contributed by atoms with Crippen LogP contribution < -0.4 is 11.1 Å². The molecule has 0 unspecified atom stereocenters. The number of fused-ring (bicyclic) bond motifs is 1. The van der Waals surface area contributed by atoms with Gasteiger partial charge in [-0.1, -0.05) is 13.0 Å². The second-order valence-corrected chi connectivity index (χ2v) is 7.61. The van der Waals surface area contributed by atoms with Crippen LogP contribution in [0.1, 0.15) is 32.6 Å². The molecule has 1 aliphatic rings. The third-order valence-electron chi connectivity index (χ3n) is 4.01. The maximum atomic E-state index is 12.2. The van der Waals surface area contributed by atoms with E-state index in [9.17, 15) is 9.59 Å². The summed E-state index contributed by atoms with van der Waals surface area (Å²) < 4.78 is 0. The van der Waals surface area contributed by atoms with E-state index in [0.717, 1.165) is 41.4 Å². The monoisotopic (exact) mass is 397 g/mol. The Morgan fingerprint density at radius 1 is 1.44 bits per heavy atom. The summed E-state index contributed by atoms with van der Waals surface area (Å²) in [6, 6.07) is 3.87. The Bertz CT molecular complexity index is 784. The third-order valence-corrected chi connectivity index (χ3v) is 5.98. The van der Waals surface area contributed by atoms with Gasteiger partial charge in [0.05, 0.1) is 5.56 Å². The van der Waals surface area contributed by atoms with Gasteiger partial charge in [-0.25, -0.2) is 0 Å². The van der Waals surface area contributed by atoms with Crippen LogP contribution >= 0.6 is 35.1 Å². The maximum Gasteiger partial charge on any atom is 0.251 e. The maximum absolute atomic E-state index is 12.2. The minimum Gasteiger partial charge on any atom is -0.365 e. The highest BCUT2D eigenvalue weighted by Gasteiger charge is 2.26. The zero-order valence-corrected chi connectivity index (χ0v) is 16.2. The number of halogens is 1. The van der Waals surface area contributed by atoms with Crippen LogP contribution in [0.3, 0.4) is 0 Å². The lowest BCUT2D eigenvalue weighted by Crippen LogP contribution is -2.30. The lowest BCUT2D eigenvalue weighted by atomic mass is 10.0. The fourth-order valence-electron chi connectivity index (χ4n) is 2.77. The van der Waals surface area contributed by atoms with Crippen molar-refractivity contribution in [3.8, 4) is 0 Å². The SMILES string of the molecule is CCN1CCc2c(sc(NC(=O)C=Cc3cccs3)c2C(N)=O)C1.Cl. The number of nitrogens with zero attached hydrogens (tertiary/aromatic N) is 1. The lowest BCUT2D eigenvalue weighted by molar-refractivity contribution is -0.111. The number of thiophene rings is 2. The molecule has 0 spiro atoms. The van der Waals surface area contributed by atoms with Gasteiger partial charge in [-0.3, -0.25) is 14.5 Å². The van der Waals surface area contributed by atoms with Crippen molar-refractivity contribution in [1.29, 1.82) is 0 Å². The summed E-state index contributed by atoms with van der Waals surface area (Å²) in [5.74, 6) is -0.730. The number of likely N-dealkylation sites (N-methyl/N-ethyl adjacent to an activating group) is 1. The summed E-state index contributed by atoms with van der Waals surface area (Å²) in [4.78, 5) is 28.5. The number of nitrogens with one attached hydrogen (secondary N) is 1. The van der Waals surface area contributed by atoms with E-state index in [-0.39, 0.29) is 18.3 Å². The molecule has 5 nitrogen and oxygen atoms in total. The molecule has 2 aromatic rings. The molecule has 25 heavy (non-hydrogen) atoms. The molecule has 0 radical (unpaired) electrons. The Morgan fingerprint density at radius 3 is 2.88 bits per heavy atom. The van der Waals surface area contributed by atoms with Crippen LogP contribution in [0.2, 0.25) is 0 Å². The van der Waals surface area contributed by atoms with Crippen molar-refractivity contribution in [2.24, 2.45) is 5.73 Å². The van der Waals surface area contributed by atoms with Gasteiger partial charge >= 0.3 is 0 Å². The Hall–Kier alpha value is -1.67. The average molecular weight is 398 g/mol. The molecule has 2 amide bonds. The molecule has 0 aliphatic carbocycles. The van der Waals surface area contributed by atoms with Crippen molar-refractivity contribution < 1.29 is 9.59 Å². The zero-order valence-electron chi connectivity index (χ0n) is 13.8. The topological polar surface area (TPSA) is 75.4 Å². The van der Waals surface area contributed by atoms with E-state index >= 15 is 0 Å². The van der Waals surface area contributed by atoms with E-state index in [0.29, 0.717) is 10.6 Å². The summed E-state index contributed by atoms with van der Waals surface area (Å²) in [6.45, 7) is 4.80. The van der Waals surface area contributed by atoms with Crippen LogP contribution in [0.4, 0.5) is 5.00 Å². The fraction of sp³-hybridized carbons (Fsp3) is 0.294. The van der Waals surface area contributed by atoms with Gasteiger partial charge in [0.25, 0.3) is 5.91 Å². The van der Waals surface area contributed by atoms with Crippen molar-refractivity contribution in [2.75, 3.05) is 18.4 Å². The number of hydrogen-bond donors (Lipinski definition) is 2. The summed E-state index contributed by atoms with van der Waals surface area (Å²) in [6.07, 6.45) is 4.03. The largest absolute Gasteiger partial charge is 0.365 e. The quantitative estimate of drug-likeness (QED) is 0.759. The molecule has 134 valence electrons. The second kappa shape index (κ2) is 8.62. The van der Waals surface area contributed by atoms with Gasteiger partial charge in [0.15, 0.2) is 0 Å². The minimum absolute atomic E-state index is 0. The number of carbonyl (C=O) groups is 2. The number of primary amides is 1. The predicted molar refractivity (Wildman–Crippen MR) is 107 cm³/mol.